The number of fused-ring (bicyclic) bond motifs is 1. The number of hydrogen-bond donors (Lipinski definition) is 2. The van der Waals surface area contributed by atoms with Crippen LogP contribution in [0.15, 0.2) is 53.9 Å². The molecule has 3 heterocycles. The Balaban J connectivity index is 1.46. The molecule has 1 aliphatic rings. The van der Waals surface area contributed by atoms with Crippen LogP contribution in [0, 0.1) is 5.41 Å². The van der Waals surface area contributed by atoms with Gasteiger partial charge in [-0.1, -0.05) is 13.8 Å². The number of ether oxygens (including phenoxy) is 1. The van der Waals surface area contributed by atoms with Crippen molar-refractivity contribution in [3.8, 4) is 11.6 Å². The highest BCUT2D eigenvalue weighted by Crippen LogP contribution is 2.53. The SMILES string of the molecule is COc1ccc2cnn(C)c2c1NS(=O)(=O)c1cnn(-c2cc(C3(O)CC(C)(C)C3)ccn2)c1. The molecule has 1 saturated carbocycles. The summed E-state index contributed by atoms with van der Waals surface area (Å²) in [6.07, 6.45) is 7.18. The van der Waals surface area contributed by atoms with Gasteiger partial charge in [-0.15, -0.1) is 0 Å². The molecule has 10 nitrogen and oxygen atoms in total. The zero-order valence-corrected chi connectivity index (χ0v) is 20.2. The Morgan fingerprint density at radius 3 is 2.62 bits per heavy atom. The summed E-state index contributed by atoms with van der Waals surface area (Å²) in [6.45, 7) is 4.23. The van der Waals surface area contributed by atoms with Crippen LogP contribution in [-0.2, 0) is 22.7 Å². The van der Waals surface area contributed by atoms with E-state index in [1.807, 2.05) is 6.07 Å². The first-order valence-corrected chi connectivity index (χ1v) is 12.3. The minimum absolute atomic E-state index is 0.0376. The van der Waals surface area contributed by atoms with E-state index in [1.54, 1.807) is 42.3 Å². The van der Waals surface area contributed by atoms with E-state index in [0.29, 0.717) is 35.6 Å². The number of nitrogens with zero attached hydrogens (tertiary/aromatic N) is 5. The van der Waals surface area contributed by atoms with Crippen LogP contribution in [0.25, 0.3) is 16.7 Å². The molecule has 11 heteroatoms. The molecule has 0 atom stereocenters. The number of hydrogen-bond acceptors (Lipinski definition) is 7. The summed E-state index contributed by atoms with van der Waals surface area (Å²) < 4.78 is 37.4. The topological polar surface area (TPSA) is 124 Å². The number of benzene rings is 1. The molecule has 0 bridgehead atoms. The molecule has 5 rings (SSSR count). The number of aryl methyl sites for hydroxylation is 1. The zero-order chi connectivity index (χ0) is 24.3. The number of aromatic nitrogens is 5. The molecule has 0 spiro atoms. The van der Waals surface area contributed by atoms with Gasteiger partial charge in [0.1, 0.15) is 16.3 Å². The van der Waals surface area contributed by atoms with Gasteiger partial charge in [-0.25, -0.2) is 18.1 Å². The highest BCUT2D eigenvalue weighted by Gasteiger charge is 2.49. The standard InChI is InChI=1S/C23H26N6O4S/c1-22(2)13-23(30,14-22)16-7-8-24-19(9-16)29-12-17(11-26-29)34(31,32)27-20-18(33-4)6-5-15-10-25-28(3)21(15)20/h5-12,27,30H,13-14H2,1-4H3. The van der Waals surface area contributed by atoms with Crippen LogP contribution in [0.5, 0.6) is 5.75 Å². The summed E-state index contributed by atoms with van der Waals surface area (Å²) >= 11 is 0. The Morgan fingerprint density at radius 1 is 1.15 bits per heavy atom. The van der Waals surface area contributed by atoms with Crippen LogP contribution in [-0.4, -0.2) is 45.2 Å². The molecule has 1 fully saturated rings. The van der Waals surface area contributed by atoms with E-state index in [-0.39, 0.29) is 10.3 Å². The summed E-state index contributed by atoms with van der Waals surface area (Å²) in [7, 11) is -0.793. The van der Waals surface area contributed by atoms with E-state index in [4.69, 9.17) is 4.74 Å². The van der Waals surface area contributed by atoms with Crippen molar-refractivity contribution < 1.29 is 18.3 Å². The second-order valence-corrected chi connectivity index (χ2v) is 11.2. The Labute approximate surface area is 197 Å². The van der Waals surface area contributed by atoms with Crippen molar-refractivity contribution in [2.75, 3.05) is 11.8 Å². The van der Waals surface area contributed by atoms with Crippen LogP contribution in [0.4, 0.5) is 5.69 Å². The van der Waals surface area contributed by atoms with Gasteiger partial charge < -0.3 is 9.84 Å². The first kappa shape index (κ1) is 22.4. The van der Waals surface area contributed by atoms with Gasteiger partial charge in [-0.2, -0.15) is 10.2 Å². The molecule has 0 saturated heterocycles. The van der Waals surface area contributed by atoms with Crippen molar-refractivity contribution in [3.05, 3.63) is 54.6 Å². The van der Waals surface area contributed by atoms with Gasteiger partial charge in [0.2, 0.25) is 0 Å². The summed E-state index contributed by atoms with van der Waals surface area (Å²) in [5.74, 6) is 0.793. The first-order chi connectivity index (χ1) is 16.0. The monoisotopic (exact) mass is 482 g/mol. The molecule has 1 aliphatic carbocycles. The van der Waals surface area contributed by atoms with E-state index in [0.717, 1.165) is 10.9 Å². The van der Waals surface area contributed by atoms with Crippen molar-refractivity contribution in [2.24, 2.45) is 12.5 Å². The lowest BCUT2D eigenvalue weighted by atomic mass is 9.59. The van der Waals surface area contributed by atoms with Crippen LogP contribution < -0.4 is 9.46 Å². The number of sulfonamides is 1. The van der Waals surface area contributed by atoms with Crippen LogP contribution in [0.1, 0.15) is 32.3 Å². The largest absolute Gasteiger partial charge is 0.494 e. The molecular weight excluding hydrogens is 456 g/mol. The zero-order valence-electron chi connectivity index (χ0n) is 19.3. The molecule has 1 aromatic carbocycles. The Kier molecular flexibility index (Phi) is 4.96. The van der Waals surface area contributed by atoms with Crippen molar-refractivity contribution in [1.29, 1.82) is 0 Å². The highest BCUT2D eigenvalue weighted by molar-refractivity contribution is 7.92. The van der Waals surface area contributed by atoms with E-state index >= 15 is 0 Å². The lowest BCUT2D eigenvalue weighted by Gasteiger charge is -2.50. The van der Waals surface area contributed by atoms with Crippen molar-refractivity contribution >= 4 is 26.6 Å². The summed E-state index contributed by atoms with van der Waals surface area (Å²) in [4.78, 5) is 4.28. The maximum Gasteiger partial charge on any atom is 0.265 e. The fourth-order valence-electron chi connectivity index (χ4n) is 4.85. The summed E-state index contributed by atoms with van der Waals surface area (Å²) in [5, 5.41) is 20.1. The molecule has 4 aromatic rings. The molecule has 34 heavy (non-hydrogen) atoms. The lowest BCUT2D eigenvalue weighted by molar-refractivity contribution is -0.119. The van der Waals surface area contributed by atoms with Crippen molar-refractivity contribution in [3.63, 3.8) is 0 Å². The number of anilines is 1. The fraction of sp³-hybridized carbons (Fsp3) is 0.348. The van der Waals surface area contributed by atoms with Gasteiger partial charge in [-0.3, -0.25) is 9.40 Å². The Bertz CT molecular complexity index is 1500. The van der Waals surface area contributed by atoms with Crippen LogP contribution in [0.2, 0.25) is 0 Å². The molecule has 2 N–H and O–H groups in total. The predicted octanol–water partition coefficient (Wildman–Crippen LogP) is 2.97. The third-order valence-corrected chi connectivity index (χ3v) is 7.55. The van der Waals surface area contributed by atoms with Crippen LogP contribution >= 0.6 is 0 Å². The highest BCUT2D eigenvalue weighted by atomic mass is 32.2. The molecule has 0 aliphatic heterocycles. The van der Waals surface area contributed by atoms with E-state index in [9.17, 15) is 13.5 Å². The molecule has 3 aromatic heterocycles. The molecular formula is C23H26N6O4S. The van der Waals surface area contributed by atoms with Crippen molar-refractivity contribution in [2.45, 2.75) is 37.2 Å². The maximum atomic E-state index is 13.2. The lowest BCUT2D eigenvalue weighted by Crippen LogP contribution is -2.46. The number of pyridine rings is 1. The second kappa shape index (κ2) is 7.54. The van der Waals surface area contributed by atoms with E-state index in [1.165, 1.54) is 24.2 Å². The molecule has 178 valence electrons. The number of nitrogens with one attached hydrogen (secondary N) is 1. The normalized spacial score (nSPS) is 16.9. The van der Waals surface area contributed by atoms with Crippen LogP contribution in [0.3, 0.4) is 0 Å². The fourth-order valence-corrected chi connectivity index (χ4v) is 5.86. The number of rotatable bonds is 6. The minimum atomic E-state index is -4.00. The maximum absolute atomic E-state index is 13.2. The third-order valence-electron chi connectivity index (χ3n) is 6.25. The Hall–Kier alpha value is -3.44. The molecule has 0 radical (unpaired) electrons. The minimum Gasteiger partial charge on any atom is -0.494 e. The first-order valence-electron chi connectivity index (χ1n) is 10.8. The smallest absolute Gasteiger partial charge is 0.265 e. The molecule has 0 amide bonds. The van der Waals surface area contributed by atoms with E-state index in [2.05, 4.69) is 33.8 Å². The second-order valence-electron chi connectivity index (χ2n) is 9.53. The molecule has 0 unspecified atom stereocenters. The quantitative estimate of drug-likeness (QED) is 0.433. The van der Waals surface area contributed by atoms with Gasteiger partial charge >= 0.3 is 0 Å². The van der Waals surface area contributed by atoms with Crippen molar-refractivity contribution in [1.82, 2.24) is 24.5 Å². The summed E-state index contributed by atoms with van der Waals surface area (Å²) in [5.41, 5.74) is 0.795. The summed E-state index contributed by atoms with van der Waals surface area (Å²) in [6, 6.07) is 7.02. The number of methoxy groups -OCH3 is 1. The average Bonchev–Trinajstić information content (AvgIpc) is 3.41. The van der Waals surface area contributed by atoms with Gasteiger partial charge in [0.05, 0.1) is 36.8 Å². The third kappa shape index (κ3) is 3.70. The average molecular weight is 483 g/mol. The Morgan fingerprint density at radius 2 is 1.91 bits per heavy atom. The predicted molar refractivity (Wildman–Crippen MR) is 126 cm³/mol. The van der Waals surface area contributed by atoms with E-state index < -0.39 is 15.6 Å². The van der Waals surface area contributed by atoms with Gasteiger partial charge in [0.25, 0.3) is 10.0 Å². The van der Waals surface area contributed by atoms with Gasteiger partial charge in [0, 0.05) is 18.6 Å². The van der Waals surface area contributed by atoms with Gasteiger partial charge in [0.15, 0.2) is 5.82 Å². The number of aliphatic hydroxyl groups is 1. The van der Waals surface area contributed by atoms with Gasteiger partial charge in [-0.05, 0) is 48.1 Å².